The Bertz CT molecular complexity index is 629. The Balaban J connectivity index is 1.49. The minimum absolute atomic E-state index is 0.221. The largest absolute Gasteiger partial charge is 0.469 e. The van der Waals surface area contributed by atoms with Gasteiger partial charge < -0.3 is 14.5 Å². The van der Waals surface area contributed by atoms with E-state index in [1.807, 2.05) is 0 Å². The Morgan fingerprint density at radius 3 is 2.73 bits per heavy atom. The third-order valence-corrected chi connectivity index (χ3v) is 3.84. The van der Waals surface area contributed by atoms with Gasteiger partial charge in [0.25, 0.3) is 0 Å². The van der Waals surface area contributed by atoms with Crippen molar-refractivity contribution in [3.8, 4) is 0 Å². The maximum absolute atomic E-state index is 11.0. The SMILES string of the molecule is COC(=O)CCCc1nnc(NC2Cc3ccccc3C2)o1. The van der Waals surface area contributed by atoms with E-state index in [-0.39, 0.29) is 5.97 Å². The third kappa shape index (κ3) is 3.44. The Kier molecular flexibility index (Phi) is 4.37. The first kappa shape index (κ1) is 14.6. The number of benzene rings is 1. The lowest BCUT2D eigenvalue weighted by Crippen LogP contribution is -2.19. The molecule has 22 heavy (non-hydrogen) atoms. The van der Waals surface area contributed by atoms with Crippen molar-refractivity contribution in [1.29, 1.82) is 0 Å². The van der Waals surface area contributed by atoms with Gasteiger partial charge in [-0.25, -0.2) is 0 Å². The zero-order chi connectivity index (χ0) is 15.4. The van der Waals surface area contributed by atoms with E-state index in [4.69, 9.17) is 4.42 Å². The number of carbonyl (C=O) groups is 1. The molecule has 6 nitrogen and oxygen atoms in total. The normalized spacial score (nSPS) is 13.9. The first-order valence-corrected chi connectivity index (χ1v) is 7.47. The number of esters is 1. The van der Waals surface area contributed by atoms with Gasteiger partial charge in [-0.3, -0.25) is 4.79 Å². The van der Waals surface area contributed by atoms with Crippen molar-refractivity contribution < 1.29 is 13.9 Å². The maximum Gasteiger partial charge on any atom is 0.315 e. The summed E-state index contributed by atoms with van der Waals surface area (Å²) < 4.78 is 10.2. The molecule has 116 valence electrons. The molecule has 0 unspecified atom stereocenters. The van der Waals surface area contributed by atoms with Gasteiger partial charge in [0, 0.05) is 18.9 Å². The first-order chi connectivity index (χ1) is 10.7. The van der Waals surface area contributed by atoms with Crippen LogP contribution in [0.3, 0.4) is 0 Å². The van der Waals surface area contributed by atoms with Gasteiger partial charge in [-0.05, 0) is 30.4 Å². The lowest BCUT2D eigenvalue weighted by atomic mass is 10.1. The van der Waals surface area contributed by atoms with E-state index in [9.17, 15) is 4.79 Å². The molecule has 1 heterocycles. The van der Waals surface area contributed by atoms with Crippen molar-refractivity contribution in [2.45, 2.75) is 38.1 Å². The van der Waals surface area contributed by atoms with E-state index in [1.165, 1.54) is 18.2 Å². The van der Waals surface area contributed by atoms with Crippen molar-refractivity contribution >= 4 is 12.0 Å². The smallest absolute Gasteiger partial charge is 0.315 e. The molecule has 0 atom stereocenters. The first-order valence-electron chi connectivity index (χ1n) is 7.47. The number of nitrogens with one attached hydrogen (secondary N) is 1. The lowest BCUT2D eigenvalue weighted by Gasteiger charge is -2.08. The summed E-state index contributed by atoms with van der Waals surface area (Å²) in [6.07, 6.45) is 3.52. The van der Waals surface area contributed by atoms with Crippen molar-refractivity contribution in [2.24, 2.45) is 0 Å². The number of anilines is 1. The molecule has 0 aliphatic heterocycles. The van der Waals surface area contributed by atoms with Crippen LogP contribution in [0.15, 0.2) is 28.7 Å². The second kappa shape index (κ2) is 6.60. The highest BCUT2D eigenvalue weighted by Crippen LogP contribution is 2.24. The number of hydrogen-bond donors (Lipinski definition) is 1. The van der Waals surface area contributed by atoms with Gasteiger partial charge >= 0.3 is 12.0 Å². The highest BCUT2D eigenvalue weighted by molar-refractivity contribution is 5.69. The Labute approximate surface area is 128 Å². The predicted octanol–water partition coefficient (Wildman–Crippen LogP) is 2.14. The van der Waals surface area contributed by atoms with Crippen molar-refractivity contribution in [1.82, 2.24) is 10.2 Å². The fourth-order valence-electron chi connectivity index (χ4n) is 2.73. The van der Waals surface area contributed by atoms with Gasteiger partial charge in [-0.15, -0.1) is 5.10 Å². The summed E-state index contributed by atoms with van der Waals surface area (Å²) in [6.45, 7) is 0. The Morgan fingerprint density at radius 1 is 1.32 bits per heavy atom. The molecule has 0 radical (unpaired) electrons. The van der Waals surface area contributed by atoms with Crippen LogP contribution < -0.4 is 5.32 Å². The fourth-order valence-corrected chi connectivity index (χ4v) is 2.73. The molecule has 0 saturated heterocycles. The molecule has 1 aromatic carbocycles. The van der Waals surface area contributed by atoms with E-state index >= 15 is 0 Å². The van der Waals surface area contributed by atoms with Crippen LogP contribution in [0.5, 0.6) is 0 Å². The van der Waals surface area contributed by atoms with Crippen LogP contribution in [0.2, 0.25) is 0 Å². The monoisotopic (exact) mass is 301 g/mol. The van der Waals surface area contributed by atoms with Gasteiger partial charge in [0.05, 0.1) is 7.11 Å². The van der Waals surface area contributed by atoms with E-state index in [0.717, 1.165) is 12.8 Å². The van der Waals surface area contributed by atoms with Crippen LogP contribution in [0.25, 0.3) is 0 Å². The van der Waals surface area contributed by atoms with Crippen LogP contribution in [0.4, 0.5) is 6.01 Å². The quantitative estimate of drug-likeness (QED) is 0.824. The lowest BCUT2D eigenvalue weighted by molar-refractivity contribution is -0.140. The topological polar surface area (TPSA) is 77.2 Å². The van der Waals surface area contributed by atoms with Gasteiger partial charge in [0.1, 0.15) is 0 Å². The van der Waals surface area contributed by atoms with Crippen LogP contribution in [-0.2, 0) is 28.8 Å². The van der Waals surface area contributed by atoms with E-state index in [0.29, 0.717) is 37.2 Å². The van der Waals surface area contributed by atoms with Crippen LogP contribution in [0.1, 0.15) is 29.9 Å². The van der Waals surface area contributed by atoms with Crippen molar-refractivity contribution in [2.75, 3.05) is 12.4 Å². The minimum Gasteiger partial charge on any atom is -0.469 e. The number of carbonyl (C=O) groups excluding carboxylic acids is 1. The molecule has 0 amide bonds. The van der Waals surface area contributed by atoms with Crippen molar-refractivity contribution in [3.05, 3.63) is 41.3 Å². The fraction of sp³-hybridized carbons (Fsp3) is 0.438. The average Bonchev–Trinajstić information content (AvgIpc) is 3.13. The summed E-state index contributed by atoms with van der Waals surface area (Å²) in [5.41, 5.74) is 2.75. The molecule has 1 N–H and O–H groups in total. The number of aryl methyl sites for hydroxylation is 1. The summed E-state index contributed by atoms with van der Waals surface area (Å²) in [5.74, 6) is 0.323. The standard InChI is InChI=1S/C16H19N3O3/c1-21-15(20)8-4-7-14-18-19-16(22-14)17-13-9-11-5-2-3-6-12(11)10-13/h2-3,5-6,13H,4,7-10H2,1H3,(H,17,19). The summed E-state index contributed by atoms with van der Waals surface area (Å²) in [4.78, 5) is 11.0. The molecule has 1 aliphatic rings. The Hall–Kier alpha value is -2.37. The zero-order valence-electron chi connectivity index (χ0n) is 12.5. The van der Waals surface area contributed by atoms with Crippen molar-refractivity contribution in [3.63, 3.8) is 0 Å². The van der Waals surface area contributed by atoms with Crippen LogP contribution in [-0.4, -0.2) is 29.3 Å². The van der Waals surface area contributed by atoms with E-state index in [2.05, 4.69) is 44.5 Å². The average molecular weight is 301 g/mol. The molecular formula is C16H19N3O3. The van der Waals surface area contributed by atoms with Gasteiger partial charge in [0.2, 0.25) is 5.89 Å². The molecule has 1 aromatic heterocycles. The number of rotatable bonds is 6. The molecule has 0 spiro atoms. The summed E-state index contributed by atoms with van der Waals surface area (Å²) in [5, 5.41) is 11.3. The number of ether oxygens (including phenoxy) is 1. The highest BCUT2D eigenvalue weighted by Gasteiger charge is 2.22. The highest BCUT2D eigenvalue weighted by atomic mass is 16.5. The summed E-state index contributed by atoms with van der Waals surface area (Å²) in [7, 11) is 1.39. The zero-order valence-corrected chi connectivity index (χ0v) is 12.5. The molecule has 0 bridgehead atoms. The Morgan fingerprint density at radius 2 is 2.05 bits per heavy atom. The number of nitrogens with zero attached hydrogens (tertiary/aromatic N) is 2. The molecule has 6 heteroatoms. The van der Waals surface area contributed by atoms with Crippen LogP contribution in [0, 0.1) is 0 Å². The molecular weight excluding hydrogens is 282 g/mol. The molecule has 0 fully saturated rings. The van der Waals surface area contributed by atoms with Gasteiger partial charge in [-0.1, -0.05) is 29.4 Å². The molecule has 3 rings (SSSR count). The number of aromatic nitrogens is 2. The van der Waals surface area contributed by atoms with Gasteiger partial charge in [-0.2, -0.15) is 0 Å². The molecule has 0 saturated carbocycles. The second-order valence-corrected chi connectivity index (χ2v) is 5.45. The van der Waals surface area contributed by atoms with E-state index in [1.54, 1.807) is 0 Å². The predicted molar refractivity (Wildman–Crippen MR) is 80.5 cm³/mol. The minimum atomic E-state index is -0.221. The summed E-state index contributed by atoms with van der Waals surface area (Å²) >= 11 is 0. The number of fused-ring (bicyclic) bond motifs is 1. The maximum atomic E-state index is 11.0. The molecule has 2 aromatic rings. The number of hydrogen-bond acceptors (Lipinski definition) is 6. The number of methoxy groups -OCH3 is 1. The van der Waals surface area contributed by atoms with Gasteiger partial charge in [0.15, 0.2) is 0 Å². The third-order valence-electron chi connectivity index (χ3n) is 3.84. The second-order valence-electron chi connectivity index (χ2n) is 5.45. The van der Waals surface area contributed by atoms with Crippen LogP contribution >= 0.6 is 0 Å². The van der Waals surface area contributed by atoms with E-state index < -0.39 is 0 Å². The summed E-state index contributed by atoms with van der Waals surface area (Å²) in [6, 6.07) is 9.18. The molecule has 1 aliphatic carbocycles.